The number of ketones is 1. The van der Waals surface area contributed by atoms with Gasteiger partial charge in [0.1, 0.15) is 11.9 Å². The van der Waals surface area contributed by atoms with E-state index in [1.54, 1.807) is 30.1 Å². The van der Waals surface area contributed by atoms with Crippen molar-refractivity contribution in [1.29, 1.82) is 10.7 Å². The fourth-order valence-electron chi connectivity index (χ4n) is 4.27. The van der Waals surface area contributed by atoms with E-state index in [0.717, 1.165) is 16.8 Å². The van der Waals surface area contributed by atoms with Crippen molar-refractivity contribution in [1.82, 2.24) is 10.2 Å². The standard InChI is InChI=1S/C27H33N5O4/c1-27(2,3)20-10-16(12-23(24(20)35-7)36-9-8-28)22(33)15-32-14-17-11-21(31(5)6)19(26(34)30-4)13-18(17)25(32)29/h10-13,29H,9,14-15H2,1-7H3,(H,30,34). The van der Waals surface area contributed by atoms with Gasteiger partial charge in [-0.2, -0.15) is 5.26 Å². The molecule has 0 atom stereocenters. The number of nitrogens with zero attached hydrogens (tertiary/aromatic N) is 3. The number of carbonyl (C=O) groups is 2. The molecular formula is C27H33N5O4. The van der Waals surface area contributed by atoms with Crippen molar-refractivity contribution >= 4 is 23.2 Å². The van der Waals surface area contributed by atoms with Crippen molar-refractivity contribution in [3.05, 3.63) is 52.1 Å². The lowest BCUT2D eigenvalue weighted by Crippen LogP contribution is -2.30. The number of benzene rings is 2. The Kier molecular flexibility index (Phi) is 7.58. The zero-order valence-electron chi connectivity index (χ0n) is 21.9. The number of rotatable bonds is 8. The van der Waals surface area contributed by atoms with Gasteiger partial charge in [-0.25, -0.2) is 0 Å². The molecule has 1 aliphatic heterocycles. The van der Waals surface area contributed by atoms with Crippen LogP contribution in [-0.2, 0) is 12.0 Å². The Morgan fingerprint density at radius 1 is 1.22 bits per heavy atom. The largest absolute Gasteiger partial charge is 0.493 e. The molecule has 0 saturated heterocycles. The fourth-order valence-corrected chi connectivity index (χ4v) is 4.27. The lowest BCUT2D eigenvalue weighted by Gasteiger charge is -2.25. The predicted molar refractivity (Wildman–Crippen MR) is 139 cm³/mol. The molecule has 9 heteroatoms. The highest BCUT2D eigenvalue weighted by Gasteiger charge is 2.30. The summed E-state index contributed by atoms with van der Waals surface area (Å²) in [6.07, 6.45) is 0. The van der Waals surface area contributed by atoms with Crippen molar-refractivity contribution in [2.24, 2.45) is 0 Å². The lowest BCUT2D eigenvalue weighted by atomic mass is 9.84. The summed E-state index contributed by atoms with van der Waals surface area (Å²) in [6.45, 7) is 6.21. The summed E-state index contributed by atoms with van der Waals surface area (Å²) in [7, 11) is 6.82. The molecule has 9 nitrogen and oxygen atoms in total. The molecule has 0 spiro atoms. The van der Waals surface area contributed by atoms with Crippen molar-refractivity contribution in [2.45, 2.75) is 32.7 Å². The van der Waals surface area contributed by atoms with Gasteiger partial charge in [0, 0.05) is 50.1 Å². The number of hydrogen-bond acceptors (Lipinski definition) is 7. The van der Waals surface area contributed by atoms with E-state index in [0.29, 0.717) is 34.7 Å². The third-order valence-electron chi connectivity index (χ3n) is 6.12. The highest BCUT2D eigenvalue weighted by molar-refractivity contribution is 6.08. The number of anilines is 1. The fraction of sp³-hybridized carbons (Fsp3) is 0.407. The summed E-state index contributed by atoms with van der Waals surface area (Å²) in [6, 6.07) is 8.95. The maximum Gasteiger partial charge on any atom is 0.253 e. The van der Waals surface area contributed by atoms with Crippen LogP contribution in [0.5, 0.6) is 11.5 Å². The highest BCUT2D eigenvalue weighted by Crippen LogP contribution is 2.40. The molecule has 190 valence electrons. The SMILES string of the molecule is CNC(=O)c1cc2c(cc1N(C)C)CN(CC(=O)c1cc(OCC#N)c(OC)c(C(C)(C)C)c1)C2=N. The summed E-state index contributed by atoms with van der Waals surface area (Å²) in [5.41, 5.74) is 3.60. The van der Waals surface area contributed by atoms with E-state index in [1.807, 2.05) is 51.9 Å². The van der Waals surface area contributed by atoms with Crippen LogP contribution in [0.4, 0.5) is 5.69 Å². The van der Waals surface area contributed by atoms with Gasteiger partial charge in [0.15, 0.2) is 23.9 Å². The molecule has 0 saturated carbocycles. The number of amidine groups is 1. The highest BCUT2D eigenvalue weighted by atomic mass is 16.5. The molecule has 2 N–H and O–H groups in total. The first-order chi connectivity index (χ1) is 16.9. The molecule has 2 aromatic rings. The van der Waals surface area contributed by atoms with E-state index in [2.05, 4.69) is 5.32 Å². The zero-order valence-corrected chi connectivity index (χ0v) is 21.9. The molecule has 0 bridgehead atoms. The van der Waals surface area contributed by atoms with E-state index in [4.69, 9.17) is 20.1 Å². The number of hydrogen-bond donors (Lipinski definition) is 2. The third-order valence-corrected chi connectivity index (χ3v) is 6.12. The van der Waals surface area contributed by atoms with Crippen LogP contribution >= 0.6 is 0 Å². The van der Waals surface area contributed by atoms with Gasteiger partial charge in [-0.05, 0) is 35.2 Å². The second-order valence-electron chi connectivity index (χ2n) is 9.88. The lowest BCUT2D eigenvalue weighted by molar-refractivity contribution is 0.0955. The first kappa shape index (κ1) is 26.5. The van der Waals surface area contributed by atoms with Gasteiger partial charge < -0.3 is 24.6 Å². The van der Waals surface area contributed by atoms with Crippen LogP contribution in [0, 0.1) is 16.7 Å². The number of carbonyl (C=O) groups excluding carboxylic acids is 2. The van der Waals surface area contributed by atoms with Gasteiger partial charge in [0.05, 0.1) is 19.2 Å². The van der Waals surface area contributed by atoms with Crippen LogP contribution in [0.3, 0.4) is 0 Å². The third kappa shape index (κ3) is 5.13. The van der Waals surface area contributed by atoms with E-state index >= 15 is 0 Å². The molecule has 0 aromatic heterocycles. The minimum Gasteiger partial charge on any atom is -0.493 e. The predicted octanol–water partition coefficient (Wildman–Crippen LogP) is 3.34. The molecule has 3 rings (SSSR count). The molecule has 0 unspecified atom stereocenters. The number of ether oxygens (including phenoxy) is 2. The number of amides is 1. The summed E-state index contributed by atoms with van der Waals surface area (Å²) < 4.78 is 11.2. The Morgan fingerprint density at radius 3 is 2.47 bits per heavy atom. The number of methoxy groups -OCH3 is 1. The van der Waals surface area contributed by atoms with Gasteiger partial charge >= 0.3 is 0 Å². The topological polar surface area (TPSA) is 119 Å². The van der Waals surface area contributed by atoms with Gasteiger partial charge in [-0.3, -0.25) is 15.0 Å². The van der Waals surface area contributed by atoms with Crippen molar-refractivity contribution in [3.8, 4) is 17.6 Å². The summed E-state index contributed by atoms with van der Waals surface area (Å²) >= 11 is 0. The Labute approximate surface area is 212 Å². The molecule has 0 fully saturated rings. The monoisotopic (exact) mass is 491 g/mol. The quantitative estimate of drug-likeness (QED) is 0.544. The average molecular weight is 492 g/mol. The number of Topliss-reactive ketones (excluding diaryl/α,β-unsaturated/α-hetero) is 1. The Balaban J connectivity index is 1.95. The van der Waals surface area contributed by atoms with Crippen LogP contribution in [0.15, 0.2) is 24.3 Å². The minimum atomic E-state index is -0.345. The molecule has 1 amide bonds. The van der Waals surface area contributed by atoms with Crippen LogP contribution in [0.25, 0.3) is 0 Å². The second-order valence-corrected chi connectivity index (χ2v) is 9.88. The first-order valence-corrected chi connectivity index (χ1v) is 11.6. The van der Waals surface area contributed by atoms with Crippen molar-refractivity contribution in [2.75, 3.05) is 46.3 Å². The Morgan fingerprint density at radius 2 is 1.92 bits per heavy atom. The smallest absolute Gasteiger partial charge is 0.253 e. The minimum absolute atomic E-state index is 0.0201. The molecule has 0 radical (unpaired) electrons. The van der Waals surface area contributed by atoms with Crippen LogP contribution in [-0.4, -0.2) is 63.8 Å². The normalized spacial score (nSPS) is 12.6. The maximum absolute atomic E-state index is 13.4. The molecule has 1 heterocycles. The molecule has 0 aliphatic carbocycles. The van der Waals surface area contributed by atoms with E-state index in [1.165, 1.54) is 7.11 Å². The summed E-state index contributed by atoms with van der Waals surface area (Å²) in [5, 5.41) is 20.3. The summed E-state index contributed by atoms with van der Waals surface area (Å²) in [5.74, 6) is 0.594. The molecular weight excluding hydrogens is 458 g/mol. The van der Waals surface area contributed by atoms with Crippen LogP contribution in [0.2, 0.25) is 0 Å². The molecule has 2 aromatic carbocycles. The van der Waals surface area contributed by atoms with E-state index in [-0.39, 0.29) is 36.1 Å². The Hall–Kier alpha value is -4.06. The van der Waals surface area contributed by atoms with Crippen molar-refractivity contribution in [3.63, 3.8) is 0 Å². The molecule has 36 heavy (non-hydrogen) atoms. The van der Waals surface area contributed by atoms with Gasteiger partial charge in [-0.15, -0.1) is 0 Å². The first-order valence-electron chi connectivity index (χ1n) is 11.6. The summed E-state index contributed by atoms with van der Waals surface area (Å²) in [4.78, 5) is 29.4. The van der Waals surface area contributed by atoms with Gasteiger partial charge in [0.25, 0.3) is 5.91 Å². The molecule has 1 aliphatic rings. The van der Waals surface area contributed by atoms with Crippen molar-refractivity contribution < 1.29 is 19.1 Å². The second kappa shape index (κ2) is 10.3. The van der Waals surface area contributed by atoms with E-state index < -0.39 is 0 Å². The number of nitriles is 1. The zero-order chi connectivity index (χ0) is 26.8. The van der Waals surface area contributed by atoms with Crippen LogP contribution in [0.1, 0.15) is 58.2 Å². The Bertz CT molecular complexity index is 1250. The van der Waals surface area contributed by atoms with E-state index in [9.17, 15) is 9.59 Å². The van der Waals surface area contributed by atoms with Gasteiger partial charge in [-0.1, -0.05) is 20.8 Å². The number of fused-ring (bicyclic) bond motifs is 1. The number of nitrogens with one attached hydrogen (secondary N) is 2. The average Bonchev–Trinajstić information content (AvgIpc) is 3.14. The van der Waals surface area contributed by atoms with Gasteiger partial charge in [0.2, 0.25) is 0 Å². The maximum atomic E-state index is 13.4. The van der Waals surface area contributed by atoms with Crippen LogP contribution < -0.4 is 19.7 Å².